The lowest BCUT2D eigenvalue weighted by Crippen LogP contribution is -2.42. The van der Waals surface area contributed by atoms with Gasteiger partial charge in [0.2, 0.25) is 0 Å². The van der Waals surface area contributed by atoms with Gasteiger partial charge in [-0.2, -0.15) is 0 Å². The highest BCUT2D eigenvalue weighted by Gasteiger charge is 2.38. The molecule has 0 radical (unpaired) electrons. The molecule has 2 aliphatic rings. The fraction of sp³-hybridized carbons (Fsp3) is 0.0256. The molecule has 1 heterocycles. The van der Waals surface area contributed by atoms with Gasteiger partial charge >= 0.3 is 0 Å². The van der Waals surface area contributed by atoms with Crippen molar-refractivity contribution in [1.29, 1.82) is 0 Å². The van der Waals surface area contributed by atoms with Crippen LogP contribution in [0.25, 0.3) is 43.8 Å². The fourth-order valence-electron chi connectivity index (χ4n) is 6.49. The van der Waals surface area contributed by atoms with Gasteiger partial charge in [-0.25, -0.2) is 4.90 Å². The summed E-state index contributed by atoms with van der Waals surface area (Å²) in [4.78, 5) is 29.4. The molecule has 8 rings (SSSR count). The average molecular weight is 540 g/mol. The van der Waals surface area contributed by atoms with E-state index in [1.165, 1.54) is 21.4 Å². The first kappa shape index (κ1) is 24.3. The number of imide groups is 1. The first-order valence-corrected chi connectivity index (χ1v) is 14.2. The predicted molar refractivity (Wildman–Crippen MR) is 171 cm³/mol. The standard InChI is InChI=1S/C39H25NO2/c41-38-35-18-8-16-32(33-23-22-29(26-11-2-1-3-12-26)30-14-6-7-15-31(30)33)34-17-9-19-36(37(34)35)39(42)40(38)28-21-20-25-10-4-5-13-27(25)24-28/h1-7,9-24H,8H2. The van der Waals surface area contributed by atoms with E-state index in [0.29, 0.717) is 23.2 Å². The minimum atomic E-state index is -0.296. The van der Waals surface area contributed by atoms with Crippen LogP contribution in [0.4, 0.5) is 5.69 Å². The zero-order valence-corrected chi connectivity index (χ0v) is 22.7. The molecule has 1 aliphatic carbocycles. The summed E-state index contributed by atoms with van der Waals surface area (Å²) in [6.45, 7) is 0. The molecule has 2 amide bonds. The Morgan fingerprint density at radius 3 is 1.98 bits per heavy atom. The molecule has 198 valence electrons. The molecule has 0 atom stereocenters. The summed E-state index contributed by atoms with van der Waals surface area (Å²) in [5.41, 5.74) is 7.81. The van der Waals surface area contributed by atoms with Crippen LogP contribution < -0.4 is 4.90 Å². The molecule has 6 aromatic carbocycles. The average Bonchev–Trinajstić information content (AvgIpc) is 3.24. The van der Waals surface area contributed by atoms with E-state index in [9.17, 15) is 9.59 Å². The molecule has 0 bridgehead atoms. The van der Waals surface area contributed by atoms with Gasteiger partial charge in [-0.15, -0.1) is 0 Å². The van der Waals surface area contributed by atoms with Crippen molar-refractivity contribution in [2.24, 2.45) is 0 Å². The lowest BCUT2D eigenvalue weighted by molar-refractivity contribution is -0.112. The summed E-state index contributed by atoms with van der Waals surface area (Å²) in [5.74, 6) is -0.580. The van der Waals surface area contributed by atoms with Crippen molar-refractivity contribution in [3.05, 3.63) is 162 Å². The van der Waals surface area contributed by atoms with Crippen LogP contribution in [-0.4, -0.2) is 11.8 Å². The molecule has 0 saturated carbocycles. The highest BCUT2D eigenvalue weighted by atomic mass is 16.2. The van der Waals surface area contributed by atoms with Crippen molar-refractivity contribution >= 4 is 50.2 Å². The molecule has 0 spiro atoms. The molecular formula is C39H25NO2. The summed E-state index contributed by atoms with van der Waals surface area (Å²) in [6, 6.07) is 42.7. The van der Waals surface area contributed by atoms with Gasteiger partial charge in [-0.05, 0) is 74.0 Å². The number of carbonyl (C=O) groups excluding carboxylic acids is 2. The predicted octanol–water partition coefficient (Wildman–Crippen LogP) is 9.07. The van der Waals surface area contributed by atoms with Crippen molar-refractivity contribution < 1.29 is 9.59 Å². The quantitative estimate of drug-likeness (QED) is 0.210. The number of allylic oxidation sites excluding steroid dienone is 2. The normalized spacial score (nSPS) is 14.4. The first-order valence-electron chi connectivity index (χ1n) is 14.2. The maximum absolute atomic E-state index is 14.1. The number of hydrogen-bond donors (Lipinski definition) is 0. The van der Waals surface area contributed by atoms with Crippen LogP contribution in [0.3, 0.4) is 0 Å². The van der Waals surface area contributed by atoms with E-state index in [2.05, 4.69) is 66.7 Å². The van der Waals surface area contributed by atoms with E-state index in [-0.39, 0.29) is 11.8 Å². The van der Waals surface area contributed by atoms with Crippen LogP contribution in [-0.2, 0) is 4.79 Å². The number of amides is 2. The van der Waals surface area contributed by atoms with Crippen molar-refractivity contribution in [1.82, 2.24) is 0 Å². The summed E-state index contributed by atoms with van der Waals surface area (Å²) in [6.07, 6.45) is 4.74. The second-order valence-electron chi connectivity index (χ2n) is 10.7. The van der Waals surface area contributed by atoms with E-state index >= 15 is 0 Å². The lowest BCUT2D eigenvalue weighted by atomic mass is 9.83. The summed E-state index contributed by atoms with van der Waals surface area (Å²) in [5, 5.41) is 4.35. The van der Waals surface area contributed by atoms with Gasteiger partial charge in [-0.3, -0.25) is 9.59 Å². The number of carbonyl (C=O) groups is 2. The zero-order chi connectivity index (χ0) is 28.2. The Balaban J connectivity index is 1.28. The number of hydrogen-bond acceptors (Lipinski definition) is 2. The third-order valence-electron chi connectivity index (χ3n) is 8.43. The van der Waals surface area contributed by atoms with Gasteiger partial charge in [0, 0.05) is 16.7 Å². The highest BCUT2D eigenvalue weighted by Crippen LogP contribution is 2.43. The molecule has 42 heavy (non-hydrogen) atoms. The second kappa shape index (κ2) is 9.53. The van der Waals surface area contributed by atoms with Crippen molar-refractivity contribution in [3.63, 3.8) is 0 Å². The van der Waals surface area contributed by atoms with E-state index in [4.69, 9.17) is 0 Å². The monoisotopic (exact) mass is 539 g/mol. The SMILES string of the molecule is O=C1C2=CCC=C(c3ccc(-c4ccccc4)c4ccccc34)c3cccc(c32)C(=O)N1c1ccc2ccccc2c1. The lowest BCUT2D eigenvalue weighted by Gasteiger charge is -2.30. The van der Waals surface area contributed by atoms with Crippen LogP contribution in [0, 0.1) is 0 Å². The third-order valence-corrected chi connectivity index (χ3v) is 8.43. The van der Waals surface area contributed by atoms with Crippen molar-refractivity contribution in [3.8, 4) is 11.1 Å². The maximum Gasteiger partial charge on any atom is 0.265 e. The van der Waals surface area contributed by atoms with Gasteiger partial charge < -0.3 is 0 Å². The van der Waals surface area contributed by atoms with Gasteiger partial charge in [0.25, 0.3) is 11.8 Å². The van der Waals surface area contributed by atoms with Gasteiger partial charge in [0.05, 0.1) is 5.69 Å². The summed E-state index contributed by atoms with van der Waals surface area (Å²) < 4.78 is 0. The topological polar surface area (TPSA) is 37.4 Å². The first-order chi connectivity index (χ1) is 20.7. The summed E-state index contributed by atoms with van der Waals surface area (Å²) >= 11 is 0. The minimum Gasteiger partial charge on any atom is -0.268 e. The molecule has 3 nitrogen and oxygen atoms in total. The molecule has 0 fully saturated rings. The van der Waals surface area contributed by atoms with Crippen LogP contribution in [0.15, 0.2) is 140 Å². The Kier molecular flexibility index (Phi) is 5.51. The van der Waals surface area contributed by atoms with Crippen LogP contribution in [0.1, 0.15) is 33.5 Å². The van der Waals surface area contributed by atoms with Gasteiger partial charge in [0.1, 0.15) is 0 Å². The van der Waals surface area contributed by atoms with Crippen LogP contribution >= 0.6 is 0 Å². The van der Waals surface area contributed by atoms with E-state index in [1.807, 2.05) is 72.8 Å². The Bertz CT molecular complexity index is 2150. The van der Waals surface area contributed by atoms with Crippen LogP contribution in [0.2, 0.25) is 0 Å². The Labute approximate surface area is 243 Å². The summed E-state index contributed by atoms with van der Waals surface area (Å²) in [7, 11) is 0. The number of fused-ring (bicyclic) bond motifs is 2. The number of anilines is 1. The van der Waals surface area contributed by atoms with E-state index in [0.717, 1.165) is 38.4 Å². The van der Waals surface area contributed by atoms with Crippen molar-refractivity contribution in [2.45, 2.75) is 6.42 Å². The largest absolute Gasteiger partial charge is 0.268 e. The minimum absolute atomic E-state index is 0.283. The zero-order valence-electron chi connectivity index (χ0n) is 22.7. The third kappa shape index (κ3) is 3.68. The number of rotatable bonds is 3. The number of nitrogens with zero attached hydrogens (tertiary/aromatic N) is 1. The molecule has 0 unspecified atom stereocenters. The molecule has 0 saturated heterocycles. The molecule has 3 heteroatoms. The van der Waals surface area contributed by atoms with Gasteiger partial charge in [-0.1, -0.05) is 121 Å². The second-order valence-corrected chi connectivity index (χ2v) is 10.7. The van der Waals surface area contributed by atoms with Gasteiger partial charge in [0.15, 0.2) is 0 Å². The molecule has 1 aliphatic heterocycles. The molecule has 6 aromatic rings. The Morgan fingerprint density at radius 2 is 1.14 bits per heavy atom. The highest BCUT2D eigenvalue weighted by molar-refractivity contribution is 6.42. The maximum atomic E-state index is 14.1. The smallest absolute Gasteiger partial charge is 0.265 e. The molecular weight excluding hydrogens is 514 g/mol. The van der Waals surface area contributed by atoms with Crippen LogP contribution in [0.5, 0.6) is 0 Å². The molecule has 0 N–H and O–H groups in total. The Morgan fingerprint density at radius 1 is 0.476 bits per heavy atom. The Hall–Kier alpha value is -5.54. The molecule has 0 aromatic heterocycles. The van der Waals surface area contributed by atoms with E-state index < -0.39 is 0 Å². The van der Waals surface area contributed by atoms with Crippen molar-refractivity contribution in [2.75, 3.05) is 4.90 Å². The number of benzene rings is 6. The van der Waals surface area contributed by atoms with E-state index in [1.54, 1.807) is 0 Å². The fourth-order valence-corrected chi connectivity index (χ4v) is 6.49.